The third kappa shape index (κ3) is 3.16. The first-order valence-corrected chi connectivity index (χ1v) is 7.85. The number of terminal acetylenes is 1. The summed E-state index contributed by atoms with van der Waals surface area (Å²) in [5.41, 5.74) is 1.76. The highest BCUT2D eigenvalue weighted by Crippen LogP contribution is 2.22. The highest BCUT2D eigenvalue weighted by atomic mass is 16.5. The SMILES string of the molecule is C#Cc1cccc(OCCCCN2C(=O)c3ccccc3C2=O)c1. The first-order chi connectivity index (χ1) is 11.7. The van der Waals surface area contributed by atoms with Gasteiger partial charge in [0.15, 0.2) is 0 Å². The van der Waals surface area contributed by atoms with Crippen molar-refractivity contribution >= 4 is 11.8 Å². The van der Waals surface area contributed by atoms with E-state index in [4.69, 9.17) is 11.2 Å². The van der Waals surface area contributed by atoms with Crippen LogP contribution in [0.5, 0.6) is 5.75 Å². The summed E-state index contributed by atoms with van der Waals surface area (Å²) < 4.78 is 5.64. The Balaban J connectivity index is 1.47. The van der Waals surface area contributed by atoms with Crippen molar-refractivity contribution in [3.8, 4) is 18.1 Å². The summed E-state index contributed by atoms with van der Waals surface area (Å²) in [5, 5.41) is 0. The lowest BCUT2D eigenvalue weighted by molar-refractivity contribution is 0.0649. The van der Waals surface area contributed by atoms with E-state index in [1.165, 1.54) is 4.90 Å². The molecule has 0 saturated heterocycles. The van der Waals surface area contributed by atoms with Crippen LogP contribution in [0.1, 0.15) is 39.1 Å². The van der Waals surface area contributed by atoms with Crippen LogP contribution in [0.4, 0.5) is 0 Å². The molecular weight excluding hydrogens is 302 g/mol. The zero-order valence-electron chi connectivity index (χ0n) is 13.2. The Kier molecular flexibility index (Phi) is 4.62. The molecule has 2 aromatic rings. The van der Waals surface area contributed by atoms with E-state index in [2.05, 4.69) is 5.92 Å². The highest BCUT2D eigenvalue weighted by Gasteiger charge is 2.34. The topological polar surface area (TPSA) is 46.6 Å². The van der Waals surface area contributed by atoms with Gasteiger partial charge in [0, 0.05) is 12.1 Å². The maximum Gasteiger partial charge on any atom is 0.261 e. The number of hydrogen-bond donors (Lipinski definition) is 0. The molecule has 120 valence electrons. The summed E-state index contributed by atoms with van der Waals surface area (Å²) in [5.74, 6) is 2.87. The van der Waals surface area contributed by atoms with Crippen LogP contribution in [0.2, 0.25) is 0 Å². The van der Waals surface area contributed by atoms with Crippen LogP contribution in [0.3, 0.4) is 0 Å². The average molecular weight is 319 g/mol. The van der Waals surface area contributed by atoms with Gasteiger partial charge >= 0.3 is 0 Å². The van der Waals surface area contributed by atoms with E-state index >= 15 is 0 Å². The van der Waals surface area contributed by atoms with E-state index in [1.807, 2.05) is 24.3 Å². The number of rotatable bonds is 6. The largest absolute Gasteiger partial charge is 0.494 e. The van der Waals surface area contributed by atoms with Crippen molar-refractivity contribution in [2.24, 2.45) is 0 Å². The quantitative estimate of drug-likeness (QED) is 0.467. The summed E-state index contributed by atoms with van der Waals surface area (Å²) >= 11 is 0. The molecule has 2 aromatic carbocycles. The van der Waals surface area contributed by atoms with Gasteiger partial charge in [0.1, 0.15) is 5.75 Å². The molecule has 0 aliphatic carbocycles. The molecule has 1 aliphatic heterocycles. The zero-order chi connectivity index (χ0) is 16.9. The molecule has 4 nitrogen and oxygen atoms in total. The molecule has 3 rings (SSSR count). The van der Waals surface area contributed by atoms with Crippen molar-refractivity contribution in [1.29, 1.82) is 0 Å². The summed E-state index contributed by atoms with van der Waals surface area (Å²) in [6.07, 6.45) is 6.79. The van der Waals surface area contributed by atoms with Gasteiger partial charge in [0.25, 0.3) is 11.8 Å². The Bertz CT molecular complexity index is 785. The molecule has 24 heavy (non-hydrogen) atoms. The fourth-order valence-corrected chi connectivity index (χ4v) is 2.68. The van der Waals surface area contributed by atoms with Crippen LogP contribution in [0, 0.1) is 12.3 Å². The molecule has 1 heterocycles. The number of carbonyl (C=O) groups excluding carboxylic acids is 2. The summed E-state index contributed by atoms with van der Waals surface area (Å²) in [6.45, 7) is 0.914. The Hall–Kier alpha value is -3.06. The lowest BCUT2D eigenvalue weighted by Gasteiger charge is -2.13. The number of nitrogens with zero attached hydrogens (tertiary/aromatic N) is 1. The highest BCUT2D eigenvalue weighted by molar-refractivity contribution is 6.21. The van der Waals surface area contributed by atoms with Gasteiger partial charge in [-0.25, -0.2) is 0 Å². The second-order valence-electron chi connectivity index (χ2n) is 5.54. The molecule has 1 aliphatic rings. The number of carbonyl (C=O) groups is 2. The van der Waals surface area contributed by atoms with E-state index < -0.39 is 0 Å². The molecule has 0 N–H and O–H groups in total. The van der Waals surface area contributed by atoms with Crippen molar-refractivity contribution in [1.82, 2.24) is 4.90 Å². The molecular formula is C20H17NO3. The van der Waals surface area contributed by atoms with Crippen molar-refractivity contribution in [2.45, 2.75) is 12.8 Å². The predicted octanol–water partition coefficient (Wildman–Crippen LogP) is 3.12. The maximum absolute atomic E-state index is 12.2. The van der Waals surface area contributed by atoms with Gasteiger partial charge in [0.2, 0.25) is 0 Å². The molecule has 2 amide bonds. The Morgan fingerprint density at radius 3 is 2.33 bits per heavy atom. The lowest BCUT2D eigenvalue weighted by Crippen LogP contribution is -2.30. The monoisotopic (exact) mass is 319 g/mol. The van der Waals surface area contributed by atoms with Gasteiger partial charge in [0.05, 0.1) is 17.7 Å². The third-order valence-corrected chi connectivity index (χ3v) is 3.92. The van der Waals surface area contributed by atoms with Crippen LogP contribution in [0.15, 0.2) is 48.5 Å². The minimum Gasteiger partial charge on any atom is -0.494 e. The molecule has 0 atom stereocenters. The van der Waals surface area contributed by atoms with Crippen LogP contribution in [-0.2, 0) is 0 Å². The number of benzene rings is 2. The summed E-state index contributed by atoms with van der Waals surface area (Å²) in [6, 6.07) is 14.3. The van der Waals surface area contributed by atoms with E-state index in [0.717, 1.165) is 17.7 Å². The predicted molar refractivity (Wildman–Crippen MR) is 90.9 cm³/mol. The second-order valence-corrected chi connectivity index (χ2v) is 5.54. The minimum atomic E-state index is -0.210. The van der Waals surface area contributed by atoms with Gasteiger partial charge in [-0.3, -0.25) is 14.5 Å². The van der Waals surface area contributed by atoms with Gasteiger partial charge in [-0.05, 0) is 43.2 Å². The number of imide groups is 1. The molecule has 0 aromatic heterocycles. The van der Waals surface area contributed by atoms with Crippen LogP contribution in [0.25, 0.3) is 0 Å². The molecule has 0 spiro atoms. The average Bonchev–Trinajstić information content (AvgIpc) is 2.86. The Labute approximate surface area is 141 Å². The van der Waals surface area contributed by atoms with Crippen molar-refractivity contribution < 1.29 is 14.3 Å². The van der Waals surface area contributed by atoms with Crippen molar-refractivity contribution in [2.75, 3.05) is 13.2 Å². The fraction of sp³-hybridized carbons (Fsp3) is 0.200. The van der Waals surface area contributed by atoms with E-state index in [1.54, 1.807) is 24.3 Å². The molecule has 0 radical (unpaired) electrons. The summed E-state index contributed by atoms with van der Waals surface area (Å²) in [4.78, 5) is 25.7. The number of hydrogen-bond acceptors (Lipinski definition) is 3. The first-order valence-electron chi connectivity index (χ1n) is 7.85. The van der Waals surface area contributed by atoms with E-state index in [9.17, 15) is 9.59 Å². The molecule has 0 saturated carbocycles. The van der Waals surface area contributed by atoms with E-state index in [0.29, 0.717) is 30.7 Å². The van der Waals surface area contributed by atoms with Crippen LogP contribution < -0.4 is 4.74 Å². The van der Waals surface area contributed by atoms with Gasteiger partial charge in [-0.1, -0.05) is 24.1 Å². The summed E-state index contributed by atoms with van der Waals surface area (Å²) in [7, 11) is 0. The lowest BCUT2D eigenvalue weighted by atomic mass is 10.1. The minimum absolute atomic E-state index is 0.210. The normalized spacial score (nSPS) is 12.9. The number of amides is 2. The van der Waals surface area contributed by atoms with E-state index in [-0.39, 0.29) is 11.8 Å². The fourth-order valence-electron chi connectivity index (χ4n) is 2.68. The smallest absolute Gasteiger partial charge is 0.261 e. The molecule has 0 fully saturated rings. The number of ether oxygens (including phenoxy) is 1. The van der Waals surface area contributed by atoms with Gasteiger partial charge < -0.3 is 4.74 Å². The van der Waals surface area contributed by atoms with Gasteiger partial charge in [-0.15, -0.1) is 6.42 Å². The van der Waals surface area contributed by atoms with Crippen LogP contribution in [-0.4, -0.2) is 29.9 Å². The zero-order valence-corrected chi connectivity index (χ0v) is 13.2. The standard InChI is InChI=1S/C20H17NO3/c1-2-15-8-7-9-16(14-15)24-13-6-5-12-21-19(22)17-10-3-4-11-18(17)20(21)23/h1,3-4,7-11,14H,5-6,12-13H2. The molecule has 0 unspecified atom stereocenters. The van der Waals surface area contributed by atoms with Gasteiger partial charge in [-0.2, -0.15) is 0 Å². The van der Waals surface area contributed by atoms with Crippen molar-refractivity contribution in [3.05, 3.63) is 65.2 Å². The number of fused-ring (bicyclic) bond motifs is 1. The van der Waals surface area contributed by atoms with Crippen molar-refractivity contribution in [3.63, 3.8) is 0 Å². The third-order valence-electron chi connectivity index (χ3n) is 3.92. The maximum atomic E-state index is 12.2. The second kappa shape index (κ2) is 7.01. The number of unbranched alkanes of at least 4 members (excludes halogenated alkanes) is 1. The first kappa shape index (κ1) is 15.8. The molecule has 0 bridgehead atoms. The Morgan fingerprint density at radius 1 is 0.958 bits per heavy atom. The molecule has 4 heteroatoms. The van der Waals surface area contributed by atoms with Crippen LogP contribution >= 0.6 is 0 Å². The Morgan fingerprint density at radius 2 is 1.67 bits per heavy atom.